The van der Waals surface area contributed by atoms with Gasteiger partial charge in [-0.2, -0.15) is 27.1 Å². The standard InChI is InChI=1S/C96H121N13O11S2/c1-10-104-60-62-106(63-61-104)74-43-38-69(39-44-74)93(114)100-96(54-24-17-25-55-96)90(111)64-70(30-23-26-56-97-91(112)37-29-58-103(9)73-45-40-71(41-46-73)101-102-72-42-50-82-86(65-72)109(75-31-18-14-19-32-75)87-66-76(105(11-2)12-3)47-51-83(87)99-82)92(113)98-57-28-34-77(110)33-20-16-27-59-108-85-53-49-79(122(118,119)120)68-81(85)95(7,8)89(108)36-22-15-21-35-88-94(5,6)80-67-78(121(115,116)117)48-52-84(80)107(88)13-4/h14-15,18-19,21-22,31-32,35-36,38-53,65-68,70,88H,10-13,16-17,20,23-30,33-34,37,54-64H2,1-9H3,(H4-,97,98,100,112,113,114,115,116,117,118,119,120)/p+1/b22-15+,35-21+,89-36-/t70-,88?/m1/s1. The molecule has 3 amide bonds. The molecule has 4 aliphatic rings. The van der Waals surface area contributed by atoms with Crippen LogP contribution in [0.3, 0.4) is 0 Å². The summed E-state index contributed by atoms with van der Waals surface area (Å²) in [5, 5.41) is 18.7. The van der Waals surface area contributed by atoms with Gasteiger partial charge in [-0.3, -0.25) is 33.1 Å². The van der Waals surface area contributed by atoms with Gasteiger partial charge in [-0.05, 0) is 205 Å². The highest BCUT2D eigenvalue weighted by atomic mass is 32.2. The van der Waals surface area contributed by atoms with Crippen molar-refractivity contribution in [3.63, 3.8) is 0 Å². The highest BCUT2D eigenvalue weighted by molar-refractivity contribution is 7.86. The molecule has 1 saturated heterocycles. The minimum absolute atomic E-state index is 0.0665. The number of carbonyl (C=O) groups excluding carboxylic acids is 5. The number of allylic oxidation sites excluding steroid dienone is 5. The molecule has 1 saturated carbocycles. The smallest absolute Gasteiger partial charge is 0.294 e. The first-order chi connectivity index (χ1) is 58.5. The summed E-state index contributed by atoms with van der Waals surface area (Å²) in [5.41, 5.74) is 11.6. The molecule has 26 heteroatoms. The molecule has 122 heavy (non-hydrogen) atoms. The molecule has 2 atom stereocenters. The summed E-state index contributed by atoms with van der Waals surface area (Å²) in [6.45, 7) is 25.7. The van der Waals surface area contributed by atoms with Gasteiger partial charge < -0.3 is 45.3 Å². The number of fused-ring (bicyclic) bond motifs is 4. The van der Waals surface area contributed by atoms with Gasteiger partial charge in [0, 0.05) is 185 Å². The Kier molecular flexibility index (Phi) is 30.2. The van der Waals surface area contributed by atoms with E-state index in [9.17, 15) is 49.9 Å². The van der Waals surface area contributed by atoms with Crippen LogP contribution in [-0.2, 0) is 50.2 Å². The van der Waals surface area contributed by atoms with Crippen LogP contribution in [0.25, 0.3) is 27.8 Å². The summed E-state index contributed by atoms with van der Waals surface area (Å²) in [6, 6.07) is 47.4. The Labute approximate surface area is 720 Å². The van der Waals surface area contributed by atoms with Crippen LogP contribution >= 0.6 is 0 Å². The third-order valence-electron chi connectivity index (χ3n) is 25.1. The molecule has 1 aliphatic carbocycles. The normalized spacial score (nSPS) is 17.1. The maximum Gasteiger partial charge on any atom is 0.294 e. The Morgan fingerprint density at radius 3 is 1.94 bits per heavy atom. The number of rotatable bonds is 40. The number of azo groups is 1. The Balaban J connectivity index is 0.627. The van der Waals surface area contributed by atoms with E-state index in [2.05, 4.69) is 117 Å². The minimum Gasteiger partial charge on any atom is -0.375 e. The Morgan fingerprint density at radius 2 is 1.26 bits per heavy atom. The van der Waals surface area contributed by atoms with E-state index in [1.54, 1.807) is 18.2 Å². The molecule has 0 spiro atoms. The third kappa shape index (κ3) is 21.9. The van der Waals surface area contributed by atoms with Gasteiger partial charge in [0.15, 0.2) is 5.78 Å². The molecule has 5 N–H and O–H groups in total. The van der Waals surface area contributed by atoms with Crippen LogP contribution in [0, 0.1) is 5.92 Å². The number of para-hydroxylation sites is 1. The molecule has 8 aromatic rings. The molecular weight excluding hydrogens is 1580 g/mol. The van der Waals surface area contributed by atoms with Gasteiger partial charge in [-0.25, -0.2) is 4.98 Å². The van der Waals surface area contributed by atoms with E-state index in [4.69, 9.17) is 4.98 Å². The van der Waals surface area contributed by atoms with Crippen molar-refractivity contribution in [2.75, 3.05) is 110 Å². The molecule has 0 radical (unpaired) electrons. The van der Waals surface area contributed by atoms with E-state index in [1.807, 2.05) is 151 Å². The molecular formula is C96H122N13O11S2+. The number of likely N-dealkylation sites (N-methyl/N-ethyl adjacent to an activating group) is 2. The number of Topliss-reactive ketones (excluding diaryl/α,β-unsaturated/α-hetero) is 2. The molecule has 2 fully saturated rings. The maximum atomic E-state index is 15.0. The number of aromatic nitrogens is 2. The lowest BCUT2D eigenvalue weighted by Crippen LogP contribution is -2.56. The number of amides is 3. The lowest BCUT2D eigenvalue weighted by Gasteiger charge is -2.38. The summed E-state index contributed by atoms with van der Waals surface area (Å²) >= 11 is 0. The van der Waals surface area contributed by atoms with Crippen molar-refractivity contribution in [3.05, 3.63) is 204 Å². The quantitative estimate of drug-likeness (QED) is 0.00595. The summed E-state index contributed by atoms with van der Waals surface area (Å²) in [4.78, 5) is 88.7. The fourth-order valence-electron chi connectivity index (χ4n) is 18.0. The molecule has 648 valence electrons. The first kappa shape index (κ1) is 90.7. The van der Waals surface area contributed by atoms with E-state index in [-0.39, 0.29) is 64.5 Å². The molecule has 0 bridgehead atoms. The number of anilines is 5. The molecule has 1 unspecified atom stereocenters. The van der Waals surface area contributed by atoms with Gasteiger partial charge in [-0.15, -0.1) is 4.57 Å². The fraction of sp³-hybridized carbons (Fsp3) is 0.448. The first-order valence-corrected chi connectivity index (χ1v) is 46.6. The van der Waals surface area contributed by atoms with Crippen LogP contribution in [0.4, 0.5) is 39.8 Å². The van der Waals surface area contributed by atoms with Crippen LogP contribution in [0.5, 0.6) is 0 Å². The number of hydrogen-bond acceptors (Lipinski definition) is 18. The predicted octanol–water partition coefficient (Wildman–Crippen LogP) is 16.8. The van der Waals surface area contributed by atoms with Crippen LogP contribution < -0.4 is 45.0 Å². The summed E-state index contributed by atoms with van der Waals surface area (Å²) in [5.74, 6) is -1.50. The molecule has 12 rings (SSSR count). The monoisotopic (exact) mass is 1700 g/mol. The maximum absolute atomic E-state index is 15.0. The van der Waals surface area contributed by atoms with Gasteiger partial charge in [0.2, 0.25) is 28.5 Å². The number of carbonyl (C=O) groups is 5. The zero-order chi connectivity index (χ0) is 86.9. The summed E-state index contributed by atoms with van der Waals surface area (Å²) < 4.78 is 71.2. The average Bonchev–Trinajstić information content (AvgIpc) is 1.50. The highest BCUT2D eigenvalue weighted by Crippen LogP contribution is 2.50. The zero-order valence-corrected chi connectivity index (χ0v) is 74.0. The van der Waals surface area contributed by atoms with Gasteiger partial charge in [0.1, 0.15) is 16.8 Å². The number of benzene rings is 7. The summed E-state index contributed by atoms with van der Waals surface area (Å²) in [6.07, 6.45) is 18.7. The lowest BCUT2D eigenvalue weighted by molar-refractivity contribution is -0.538. The number of nitrogens with zero attached hydrogens (tertiary/aromatic N) is 10. The third-order valence-corrected chi connectivity index (χ3v) is 26.8. The van der Waals surface area contributed by atoms with Crippen molar-refractivity contribution < 1.29 is 54.5 Å². The molecule has 4 heterocycles. The number of ketones is 2. The second kappa shape index (κ2) is 40.7. The fourth-order valence-corrected chi connectivity index (χ4v) is 19.0. The Morgan fingerprint density at radius 1 is 0.623 bits per heavy atom. The van der Waals surface area contributed by atoms with Crippen LogP contribution in [-0.4, -0.2) is 162 Å². The largest absolute Gasteiger partial charge is 0.375 e. The second-order valence-corrected chi connectivity index (χ2v) is 36.7. The minimum atomic E-state index is -4.50. The number of piperazine rings is 1. The van der Waals surface area contributed by atoms with Crippen molar-refractivity contribution in [1.29, 1.82) is 0 Å². The van der Waals surface area contributed by atoms with Gasteiger partial charge >= 0.3 is 0 Å². The van der Waals surface area contributed by atoms with E-state index < -0.39 is 42.5 Å². The highest BCUT2D eigenvalue weighted by Gasteiger charge is 2.45. The molecule has 3 aliphatic heterocycles. The van der Waals surface area contributed by atoms with E-state index in [0.717, 1.165) is 145 Å². The lowest BCUT2D eigenvalue weighted by atomic mass is 9.75. The van der Waals surface area contributed by atoms with Crippen molar-refractivity contribution in [1.82, 2.24) is 25.8 Å². The Hall–Kier alpha value is -10.5. The van der Waals surface area contributed by atoms with Crippen molar-refractivity contribution >= 4 is 111 Å². The number of nitrogens with one attached hydrogen (secondary N) is 3. The second-order valence-electron chi connectivity index (χ2n) is 33.9. The first-order valence-electron chi connectivity index (χ1n) is 43.7. The summed E-state index contributed by atoms with van der Waals surface area (Å²) in [7, 11) is -6.90. The Bertz CT molecular complexity index is 5410. The van der Waals surface area contributed by atoms with Gasteiger partial charge in [0.05, 0.1) is 32.7 Å². The van der Waals surface area contributed by atoms with E-state index >= 15 is 0 Å². The molecule has 7 aromatic carbocycles. The van der Waals surface area contributed by atoms with Crippen molar-refractivity contribution in [2.45, 2.75) is 197 Å². The zero-order valence-electron chi connectivity index (χ0n) is 72.3. The van der Waals surface area contributed by atoms with Crippen LogP contribution in [0.1, 0.15) is 186 Å². The average molecular weight is 1700 g/mol. The van der Waals surface area contributed by atoms with Crippen LogP contribution in [0.15, 0.2) is 208 Å². The van der Waals surface area contributed by atoms with Gasteiger partial charge in [-0.1, -0.05) is 109 Å². The predicted molar refractivity (Wildman–Crippen MR) is 486 cm³/mol. The SMILES string of the molecule is CCN1CCN(c2ccc(C(=O)NC3(C(=O)C[C@@H](CCCCNC(=O)CCCN(C)c4ccc(N=Nc5ccc6nc7ccc(N(CC)CC)cc7[n+](-c7ccccc7)c6c5)cc4)C(=O)NCCCC(=O)CCCCCN4\C(=C/C=C/C=C/C5N(CC)c6ccc(S(=O)(=O)O)cc6C5(C)C)C(C)(C)c5cc(S(=O)(=O)O)ccc54)CCCCC3)cc2)CC1. The number of unbranched alkanes of at least 4 members (excludes halogenated alkanes) is 3. The van der Waals surface area contributed by atoms with Crippen molar-refractivity contribution in [2.24, 2.45) is 16.1 Å². The van der Waals surface area contributed by atoms with Crippen molar-refractivity contribution in [3.8, 4) is 5.69 Å². The van der Waals surface area contributed by atoms with Crippen LogP contribution in [0.2, 0.25) is 0 Å². The number of hydrogen-bond donors (Lipinski definition) is 5. The van der Waals surface area contributed by atoms with E-state index in [0.29, 0.717) is 114 Å². The van der Waals surface area contributed by atoms with Gasteiger partial charge in [0.25, 0.3) is 26.1 Å². The molecule has 24 nitrogen and oxygen atoms in total. The molecule has 1 aromatic heterocycles. The topological polar surface area (TPSA) is 291 Å². The van der Waals surface area contributed by atoms with E-state index in [1.165, 1.54) is 18.2 Å².